The lowest BCUT2D eigenvalue weighted by Crippen LogP contribution is -2.47. The fourth-order valence-corrected chi connectivity index (χ4v) is 5.74. The highest BCUT2D eigenvalue weighted by molar-refractivity contribution is 6.37. The molecule has 2 fully saturated rings. The lowest BCUT2D eigenvalue weighted by molar-refractivity contribution is -0.150. The highest BCUT2D eigenvalue weighted by atomic mass is 16.2. The molecule has 3 unspecified atom stereocenters. The molecule has 3 aliphatic rings. The number of fused-ring (bicyclic) bond motifs is 3. The summed E-state index contributed by atoms with van der Waals surface area (Å²) in [4.78, 5) is 53.0. The van der Waals surface area contributed by atoms with E-state index in [1.54, 1.807) is 4.90 Å². The molecule has 186 valence electrons. The summed E-state index contributed by atoms with van der Waals surface area (Å²) in [5.74, 6) is -0.488. The van der Waals surface area contributed by atoms with Gasteiger partial charge in [-0.2, -0.15) is 0 Å². The van der Waals surface area contributed by atoms with Gasteiger partial charge in [0.05, 0.1) is 0 Å². The summed E-state index contributed by atoms with van der Waals surface area (Å²) in [5.41, 5.74) is 0. The Kier molecular flexibility index (Phi) is 12.0. The van der Waals surface area contributed by atoms with Crippen LogP contribution in [-0.2, 0) is 19.2 Å². The van der Waals surface area contributed by atoms with Crippen LogP contribution in [0.4, 0.5) is 0 Å². The fraction of sp³-hybridized carbons (Fsp3) is 0.778. The average molecular weight is 462 g/mol. The number of hydrogen-bond donors (Lipinski definition) is 0. The molecule has 2 N–H and O–H groups in total. The third kappa shape index (κ3) is 8.47. The summed E-state index contributed by atoms with van der Waals surface area (Å²) in [6.45, 7) is 1.35. The van der Waals surface area contributed by atoms with Crippen molar-refractivity contribution in [3.8, 4) is 0 Å². The van der Waals surface area contributed by atoms with E-state index in [1.165, 1.54) is 0 Å². The van der Waals surface area contributed by atoms with Gasteiger partial charge in [0.2, 0.25) is 5.78 Å². The van der Waals surface area contributed by atoms with E-state index in [0.717, 1.165) is 77.0 Å². The number of piperidine rings is 1. The Morgan fingerprint density at radius 1 is 0.697 bits per heavy atom. The molecule has 0 radical (unpaired) electrons. The second-order valence-electron chi connectivity index (χ2n) is 10.1. The first kappa shape index (κ1) is 27.4. The number of nitrogens with zero attached hydrogens (tertiary/aromatic N) is 1. The van der Waals surface area contributed by atoms with Crippen molar-refractivity contribution in [1.29, 1.82) is 0 Å². The molecule has 2 heterocycles. The van der Waals surface area contributed by atoms with Gasteiger partial charge in [-0.15, -0.1) is 0 Å². The molecule has 0 aromatic carbocycles. The topological polar surface area (TPSA) is 103 Å². The van der Waals surface area contributed by atoms with Crippen molar-refractivity contribution in [3.05, 3.63) is 12.2 Å². The molecule has 33 heavy (non-hydrogen) atoms. The van der Waals surface area contributed by atoms with E-state index in [2.05, 4.69) is 6.08 Å². The number of ketones is 3. The SMILES string of the molecule is O.O=C1CC=CCCCCC2CCCN(C2)C(=O)C(=O)C2CCCCC2C(=O)CCCCC1. The molecule has 1 aliphatic carbocycles. The zero-order valence-corrected chi connectivity index (χ0v) is 20.2. The monoisotopic (exact) mass is 461 g/mol. The maximum Gasteiger partial charge on any atom is 0.290 e. The number of rotatable bonds is 0. The number of carbonyl (C=O) groups excluding carboxylic acids is 4. The number of Topliss-reactive ketones (excluding diaryl/α,β-unsaturated/α-hetero) is 3. The van der Waals surface area contributed by atoms with Crippen molar-refractivity contribution in [1.82, 2.24) is 4.90 Å². The molecule has 2 bridgehead atoms. The van der Waals surface area contributed by atoms with E-state index >= 15 is 0 Å². The zero-order chi connectivity index (χ0) is 22.8. The Balaban J connectivity index is 0.00000385. The molecule has 0 aromatic heterocycles. The predicted molar refractivity (Wildman–Crippen MR) is 129 cm³/mol. The van der Waals surface area contributed by atoms with Gasteiger partial charge in [-0.05, 0) is 63.7 Å². The third-order valence-corrected chi connectivity index (χ3v) is 7.66. The summed E-state index contributed by atoms with van der Waals surface area (Å²) >= 11 is 0. The largest absolute Gasteiger partial charge is 0.412 e. The van der Waals surface area contributed by atoms with Crippen molar-refractivity contribution in [3.63, 3.8) is 0 Å². The van der Waals surface area contributed by atoms with Gasteiger partial charge in [-0.25, -0.2) is 0 Å². The summed E-state index contributed by atoms with van der Waals surface area (Å²) in [5, 5.41) is 0. The first-order valence-electron chi connectivity index (χ1n) is 13.1. The second-order valence-corrected chi connectivity index (χ2v) is 10.1. The van der Waals surface area contributed by atoms with E-state index in [1.807, 2.05) is 6.08 Å². The van der Waals surface area contributed by atoms with E-state index in [9.17, 15) is 19.2 Å². The number of carbonyl (C=O) groups is 4. The Morgan fingerprint density at radius 2 is 1.39 bits per heavy atom. The summed E-state index contributed by atoms with van der Waals surface area (Å²) in [7, 11) is 0. The van der Waals surface area contributed by atoms with Crippen LogP contribution in [0.15, 0.2) is 12.2 Å². The van der Waals surface area contributed by atoms with Crippen LogP contribution in [0.2, 0.25) is 0 Å². The minimum atomic E-state index is -0.425. The number of amides is 1. The van der Waals surface area contributed by atoms with E-state index in [-0.39, 0.29) is 34.7 Å². The molecule has 3 atom stereocenters. The van der Waals surface area contributed by atoms with Crippen LogP contribution in [-0.4, -0.2) is 46.7 Å². The normalized spacial score (nSPS) is 29.6. The van der Waals surface area contributed by atoms with Gasteiger partial charge in [0, 0.05) is 44.2 Å². The summed E-state index contributed by atoms with van der Waals surface area (Å²) in [6.07, 6.45) is 17.8. The minimum absolute atomic E-state index is 0. The van der Waals surface area contributed by atoms with Crippen LogP contribution in [0.5, 0.6) is 0 Å². The predicted octanol–water partition coefficient (Wildman–Crippen LogP) is 4.38. The molecule has 1 amide bonds. The quantitative estimate of drug-likeness (QED) is 0.394. The maximum absolute atomic E-state index is 13.2. The Bertz CT molecular complexity index is 701. The number of hydrogen-bond acceptors (Lipinski definition) is 4. The lowest BCUT2D eigenvalue weighted by Gasteiger charge is -2.35. The van der Waals surface area contributed by atoms with Crippen LogP contribution in [0, 0.1) is 17.8 Å². The molecule has 2 aliphatic heterocycles. The summed E-state index contributed by atoms with van der Waals surface area (Å²) in [6, 6.07) is 0. The highest BCUT2D eigenvalue weighted by Gasteiger charge is 2.40. The van der Waals surface area contributed by atoms with Crippen molar-refractivity contribution >= 4 is 23.3 Å². The van der Waals surface area contributed by atoms with Crippen LogP contribution in [0.1, 0.15) is 103 Å². The van der Waals surface area contributed by atoms with E-state index in [4.69, 9.17) is 0 Å². The Morgan fingerprint density at radius 3 is 2.21 bits per heavy atom. The number of allylic oxidation sites excluding steroid dienone is 2. The maximum atomic E-state index is 13.2. The molecule has 3 rings (SSSR count). The van der Waals surface area contributed by atoms with Crippen LogP contribution in [0.25, 0.3) is 0 Å². The molecular formula is C27H43NO5. The molecule has 0 aromatic rings. The van der Waals surface area contributed by atoms with Crippen molar-refractivity contribution in [2.24, 2.45) is 17.8 Å². The standard InChI is InChI=1S/C27H41NO4.H2O/c29-22-14-6-3-1-2-5-12-21-13-11-19-28(20-21)27(32)26(31)24-17-10-9-16-23(24)25(30)18-8-4-7-15-22;/h3,6,21,23-24H,1-2,4-5,7-20H2;1H2. The van der Waals surface area contributed by atoms with Crippen molar-refractivity contribution < 1.29 is 24.7 Å². The van der Waals surface area contributed by atoms with Gasteiger partial charge < -0.3 is 10.4 Å². The average Bonchev–Trinajstić information content (AvgIpc) is 2.81. The molecule has 0 spiro atoms. The molecular weight excluding hydrogens is 418 g/mol. The zero-order valence-electron chi connectivity index (χ0n) is 20.2. The van der Waals surface area contributed by atoms with Crippen LogP contribution < -0.4 is 0 Å². The van der Waals surface area contributed by atoms with Crippen molar-refractivity contribution in [2.45, 2.75) is 103 Å². The second kappa shape index (κ2) is 14.4. The van der Waals surface area contributed by atoms with Gasteiger partial charge in [-0.3, -0.25) is 19.2 Å². The molecule has 6 nitrogen and oxygen atoms in total. The van der Waals surface area contributed by atoms with Gasteiger partial charge in [0.15, 0.2) is 0 Å². The van der Waals surface area contributed by atoms with E-state index in [0.29, 0.717) is 44.7 Å². The van der Waals surface area contributed by atoms with Crippen LogP contribution >= 0.6 is 0 Å². The van der Waals surface area contributed by atoms with Gasteiger partial charge >= 0.3 is 0 Å². The Hall–Kier alpha value is -1.82. The smallest absolute Gasteiger partial charge is 0.290 e. The minimum Gasteiger partial charge on any atom is -0.412 e. The molecule has 6 heteroatoms. The van der Waals surface area contributed by atoms with Crippen molar-refractivity contribution in [2.75, 3.05) is 13.1 Å². The highest BCUT2D eigenvalue weighted by Crippen LogP contribution is 2.34. The fourth-order valence-electron chi connectivity index (χ4n) is 5.74. The Labute approximate surface area is 198 Å². The first-order chi connectivity index (χ1) is 15.6. The summed E-state index contributed by atoms with van der Waals surface area (Å²) < 4.78 is 0. The van der Waals surface area contributed by atoms with Crippen LogP contribution in [0.3, 0.4) is 0 Å². The molecule has 1 saturated heterocycles. The molecule has 1 saturated carbocycles. The van der Waals surface area contributed by atoms with Gasteiger partial charge in [-0.1, -0.05) is 37.8 Å². The van der Waals surface area contributed by atoms with E-state index < -0.39 is 5.92 Å². The third-order valence-electron chi connectivity index (χ3n) is 7.66. The first-order valence-corrected chi connectivity index (χ1v) is 13.1. The lowest BCUT2D eigenvalue weighted by atomic mass is 9.73. The van der Waals surface area contributed by atoms with Gasteiger partial charge in [0.1, 0.15) is 11.6 Å². The van der Waals surface area contributed by atoms with Gasteiger partial charge in [0.25, 0.3) is 5.91 Å².